The lowest BCUT2D eigenvalue weighted by Gasteiger charge is -2.45. The van der Waals surface area contributed by atoms with Gasteiger partial charge < -0.3 is 29.2 Å². The van der Waals surface area contributed by atoms with E-state index in [4.69, 9.17) is 13.9 Å². The molecule has 3 aromatic rings. The SMILES string of the molecule is O=C(C[C@H](c1cc2c(cc1O)OCO2)c1coc2ccccc2c1=O)N[C@@H]1CN2CCC1CC2. The number of fused-ring (bicyclic) bond motifs is 5. The van der Waals surface area contributed by atoms with Crippen LogP contribution in [0.3, 0.4) is 0 Å². The minimum Gasteiger partial charge on any atom is -0.508 e. The van der Waals surface area contributed by atoms with Crippen LogP contribution in [0.4, 0.5) is 0 Å². The summed E-state index contributed by atoms with van der Waals surface area (Å²) in [5, 5.41) is 14.5. The van der Waals surface area contributed by atoms with Crippen LogP contribution >= 0.6 is 0 Å². The predicted molar refractivity (Wildman–Crippen MR) is 124 cm³/mol. The zero-order valence-corrected chi connectivity index (χ0v) is 18.7. The number of nitrogens with zero attached hydrogens (tertiary/aromatic N) is 1. The number of ether oxygens (including phenoxy) is 2. The highest BCUT2D eigenvalue weighted by Gasteiger charge is 2.36. The smallest absolute Gasteiger partial charge is 0.231 e. The molecule has 2 N–H and O–H groups in total. The molecule has 1 amide bonds. The van der Waals surface area contributed by atoms with Crippen molar-refractivity contribution in [2.24, 2.45) is 5.92 Å². The molecule has 3 fully saturated rings. The Balaban J connectivity index is 1.37. The summed E-state index contributed by atoms with van der Waals surface area (Å²) in [7, 11) is 0. The molecule has 4 aliphatic rings. The maximum absolute atomic E-state index is 13.4. The van der Waals surface area contributed by atoms with Crippen molar-refractivity contribution in [1.82, 2.24) is 10.2 Å². The predicted octanol–water partition coefficient (Wildman–Crippen LogP) is 2.96. The van der Waals surface area contributed by atoms with Gasteiger partial charge in [0.15, 0.2) is 16.9 Å². The van der Waals surface area contributed by atoms with E-state index in [2.05, 4.69) is 10.2 Å². The average molecular weight is 463 g/mol. The van der Waals surface area contributed by atoms with Crippen LogP contribution in [0.15, 0.2) is 51.9 Å². The van der Waals surface area contributed by atoms with Crippen molar-refractivity contribution >= 4 is 16.9 Å². The Morgan fingerprint density at radius 2 is 1.88 bits per heavy atom. The summed E-state index contributed by atoms with van der Waals surface area (Å²) >= 11 is 0. The van der Waals surface area contributed by atoms with Gasteiger partial charge >= 0.3 is 0 Å². The van der Waals surface area contributed by atoms with E-state index < -0.39 is 5.92 Å². The third-order valence-corrected chi connectivity index (χ3v) is 7.37. The molecule has 0 aliphatic carbocycles. The molecule has 34 heavy (non-hydrogen) atoms. The molecule has 8 nitrogen and oxygen atoms in total. The molecule has 8 heteroatoms. The molecule has 2 aromatic carbocycles. The van der Waals surface area contributed by atoms with Crippen molar-refractivity contribution in [2.75, 3.05) is 26.4 Å². The first-order valence-corrected chi connectivity index (χ1v) is 11.7. The summed E-state index contributed by atoms with van der Waals surface area (Å²) in [4.78, 5) is 29.1. The zero-order chi connectivity index (χ0) is 23.2. The van der Waals surface area contributed by atoms with E-state index in [0.717, 1.165) is 32.5 Å². The number of benzene rings is 2. The Kier molecular flexibility index (Phi) is 5.17. The van der Waals surface area contributed by atoms with Crippen molar-refractivity contribution in [1.29, 1.82) is 0 Å². The number of hydrogen-bond acceptors (Lipinski definition) is 7. The molecular weight excluding hydrogens is 436 g/mol. The Labute approximate surface area is 196 Å². The lowest BCUT2D eigenvalue weighted by molar-refractivity contribution is -0.123. The van der Waals surface area contributed by atoms with Crippen molar-refractivity contribution in [3.05, 3.63) is 64.0 Å². The third-order valence-electron chi connectivity index (χ3n) is 7.37. The van der Waals surface area contributed by atoms with E-state index >= 15 is 0 Å². The second-order valence-electron chi connectivity index (χ2n) is 9.35. The standard InChI is InChI=1S/C26H26N2O6/c29-21-11-24-23(33-14-34-24)9-18(21)17(19-13-32-22-4-2-1-3-16(22)26(19)31)10-25(30)27-20-12-28-7-5-15(20)6-8-28/h1-4,9,11,13,15,17,20,29H,5-8,10,12,14H2,(H,27,30)/t17-,20-/m1/s1. The summed E-state index contributed by atoms with van der Waals surface area (Å²) in [6.45, 7) is 3.08. The van der Waals surface area contributed by atoms with Gasteiger partial charge in [-0.05, 0) is 50.0 Å². The van der Waals surface area contributed by atoms with E-state index in [-0.39, 0.29) is 36.3 Å². The van der Waals surface area contributed by atoms with Crippen LogP contribution in [-0.4, -0.2) is 48.4 Å². The fraction of sp³-hybridized carbons (Fsp3) is 0.385. The van der Waals surface area contributed by atoms with E-state index in [1.807, 2.05) is 0 Å². The van der Waals surface area contributed by atoms with Crippen molar-refractivity contribution in [3.63, 3.8) is 0 Å². The molecule has 3 saturated heterocycles. The van der Waals surface area contributed by atoms with E-state index in [1.54, 1.807) is 30.3 Å². The largest absolute Gasteiger partial charge is 0.508 e. The molecule has 0 saturated carbocycles. The third kappa shape index (κ3) is 3.68. The summed E-state index contributed by atoms with van der Waals surface area (Å²) in [5.74, 6) is 0.461. The average Bonchev–Trinajstić information content (AvgIpc) is 3.31. The number of hydrogen-bond donors (Lipinski definition) is 2. The van der Waals surface area contributed by atoms with Crippen molar-refractivity contribution in [3.8, 4) is 17.2 Å². The number of piperidine rings is 3. The number of carbonyl (C=O) groups is 1. The summed E-state index contributed by atoms with van der Waals surface area (Å²) < 4.78 is 16.6. The molecule has 4 aliphatic heterocycles. The van der Waals surface area contributed by atoms with Gasteiger partial charge in [-0.15, -0.1) is 0 Å². The molecule has 1 aromatic heterocycles. The highest BCUT2D eigenvalue weighted by atomic mass is 16.7. The van der Waals surface area contributed by atoms with Gasteiger partial charge in [-0.2, -0.15) is 0 Å². The molecule has 5 heterocycles. The number of amides is 1. The van der Waals surface area contributed by atoms with Gasteiger partial charge in [0, 0.05) is 42.1 Å². The fourth-order valence-electron chi connectivity index (χ4n) is 5.53. The zero-order valence-electron chi connectivity index (χ0n) is 18.7. The number of phenols is 1. The second kappa shape index (κ2) is 8.36. The van der Waals surface area contributed by atoms with Crippen molar-refractivity contribution in [2.45, 2.75) is 31.2 Å². The number of phenolic OH excluding ortho intramolecular Hbond substituents is 1. The van der Waals surface area contributed by atoms with Crippen LogP contribution in [0.1, 0.15) is 36.3 Å². The highest BCUT2D eigenvalue weighted by Crippen LogP contribution is 2.43. The molecule has 2 bridgehead atoms. The normalized spacial score (nSPS) is 23.7. The van der Waals surface area contributed by atoms with Gasteiger partial charge in [0.1, 0.15) is 11.3 Å². The number of nitrogens with one attached hydrogen (secondary N) is 1. The number of rotatable bonds is 5. The molecular formula is C26H26N2O6. The maximum atomic E-state index is 13.4. The molecule has 0 unspecified atom stereocenters. The first-order chi connectivity index (χ1) is 16.6. The maximum Gasteiger partial charge on any atom is 0.231 e. The summed E-state index contributed by atoms with van der Waals surface area (Å²) in [6, 6.07) is 10.2. The summed E-state index contributed by atoms with van der Waals surface area (Å²) in [5.41, 5.74) is 0.994. The Bertz CT molecular complexity index is 1310. The topological polar surface area (TPSA) is 101 Å². The van der Waals surface area contributed by atoms with Crippen LogP contribution in [0.2, 0.25) is 0 Å². The monoisotopic (exact) mass is 462 g/mol. The number of aromatic hydroxyl groups is 1. The van der Waals surface area contributed by atoms with Crippen LogP contribution in [0, 0.1) is 5.92 Å². The Morgan fingerprint density at radius 3 is 2.65 bits per heavy atom. The van der Waals surface area contributed by atoms with Gasteiger partial charge in [-0.25, -0.2) is 0 Å². The minimum atomic E-state index is -0.712. The Morgan fingerprint density at radius 1 is 1.12 bits per heavy atom. The van der Waals surface area contributed by atoms with E-state index in [1.165, 1.54) is 12.3 Å². The number of para-hydroxylation sites is 1. The Hall–Kier alpha value is -3.52. The molecule has 2 atom stereocenters. The lowest BCUT2D eigenvalue weighted by Crippen LogP contribution is -2.57. The minimum absolute atomic E-state index is 0.000472. The van der Waals surface area contributed by atoms with Gasteiger partial charge in [-0.3, -0.25) is 9.59 Å². The highest BCUT2D eigenvalue weighted by molar-refractivity contribution is 5.80. The van der Waals surface area contributed by atoms with E-state index in [0.29, 0.717) is 39.5 Å². The fourth-order valence-corrected chi connectivity index (χ4v) is 5.53. The van der Waals surface area contributed by atoms with Gasteiger partial charge in [0.05, 0.1) is 11.6 Å². The van der Waals surface area contributed by atoms with Gasteiger partial charge in [0.25, 0.3) is 0 Å². The van der Waals surface area contributed by atoms with Crippen LogP contribution < -0.4 is 20.2 Å². The van der Waals surface area contributed by atoms with Gasteiger partial charge in [0.2, 0.25) is 12.7 Å². The van der Waals surface area contributed by atoms with E-state index in [9.17, 15) is 14.7 Å². The first-order valence-electron chi connectivity index (χ1n) is 11.7. The number of carbonyl (C=O) groups excluding carboxylic acids is 1. The van der Waals surface area contributed by atoms with Crippen LogP contribution in [0.25, 0.3) is 11.0 Å². The molecule has 0 radical (unpaired) electrons. The second-order valence-corrected chi connectivity index (χ2v) is 9.35. The van der Waals surface area contributed by atoms with Crippen LogP contribution in [0.5, 0.6) is 17.2 Å². The lowest BCUT2D eigenvalue weighted by atomic mass is 9.83. The molecule has 0 spiro atoms. The van der Waals surface area contributed by atoms with Crippen molar-refractivity contribution < 1.29 is 23.8 Å². The van der Waals surface area contributed by atoms with Crippen LogP contribution in [-0.2, 0) is 4.79 Å². The summed E-state index contributed by atoms with van der Waals surface area (Å²) in [6.07, 6.45) is 3.58. The molecule has 7 rings (SSSR count). The van der Waals surface area contributed by atoms with Gasteiger partial charge in [-0.1, -0.05) is 12.1 Å². The molecule has 176 valence electrons. The quantitative estimate of drug-likeness (QED) is 0.601. The first kappa shape index (κ1) is 21.0.